The van der Waals surface area contributed by atoms with Gasteiger partial charge in [-0.25, -0.2) is 4.79 Å². The van der Waals surface area contributed by atoms with Gasteiger partial charge in [-0.15, -0.1) is 0 Å². The van der Waals surface area contributed by atoms with Crippen LogP contribution in [0.15, 0.2) is 48.5 Å². The molecular weight excluding hydrogens is 380 g/mol. The van der Waals surface area contributed by atoms with Crippen LogP contribution in [0.25, 0.3) is 0 Å². The highest BCUT2D eigenvalue weighted by Crippen LogP contribution is 2.44. The quantitative estimate of drug-likeness (QED) is 0.350. The zero-order chi connectivity index (χ0) is 21.6. The molecule has 2 fully saturated rings. The molecular formula is C29H38O2. The first kappa shape index (κ1) is 22.1. The van der Waals surface area contributed by atoms with E-state index in [1.54, 1.807) is 0 Å². The number of aryl methyl sites for hydroxylation is 1. The van der Waals surface area contributed by atoms with E-state index in [2.05, 4.69) is 19.1 Å². The molecule has 0 saturated heterocycles. The molecule has 2 saturated carbocycles. The van der Waals surface area contributed by atoms with Crippen LogP contribution in [0.2, 0.25) is 0 Å². The van der Waals surface area contributed by atoms with Crippen molar-refractivity contribution in [2.75, 3.05) is 0 Å². The molecule has 2 aliphatic rings. The fourth-order valence-electron chi connectivity index (χ4n) is 5.94. The van der Waals surface area contributed by atoms with Crippen molar-refractivity contribution in [2.45, 2.75) is 84.0 Å². The van der Waals surface area contributed by atoms with E-state index in [9.17, 15) is 4.79 Å². The van der Waals surface area contributed by atoms with Crippen LogP contribution in [0.5, 0.6) is 5.75 Å². The first-order valence-corrected chi connectivity index (χ1v) is 12.5. The van der Waals surface area contributed by atoms with Gasteiger partial charge in [0.05, 0.1) is 5.56 Å². The summed E-state index contributed by atoms with van der Waals surface area (Å²) in [7, 11) is 0. The van der Waals surface area contributed by atoms with E-state index in [1.807, 2.05) is 43.3 Å². The van der Waals surface area contributed by atoms with Crippen molar-refractivity contribution >= 4 is 5.97 Å². The zero-order valence-corrected chi connectivity index (χ0v) is 19.3. The summed E-state index contributed by atoms with van der Waals surface area (Å²) >= 11 is 0. The summed E-state index contributed by atoms with van der Waals surface area (Å²) in [5, 5.41) is 0. The maximum atomic E-state index is 12.4. The number of hydrogen-bond donors (Lipinski definition) is 0. The van der Waals surface area contributed by atoms with Gasteiger partial charge in [-0.3, -0.25) is 0 Å². The Morgan fingerprint density at radius 2 is 1.39 bits per heavy atom. The largest absolute Gasteiger partial charge is 0.423 e. The molecule has 0 amide bonds. The molecule has 4 rings (SSSR count). The van der Waals surface area contributed by atoms with Gasteiger partial charge in [0.15, 0.2) is 0 Å². The first-order chi connectivity index (χ1) is 15.1. The Labute approximate surface area is 188 Å². The SMILES string of the molecule is CCCC1CCC(C2CCC(c3ccc(C(=O)Oc4ccc(C)cc4)cc3)CC2)CC1. The minimum absolute atomic E-state index is 0.280. The van der Waals surface area contributed by atoms with Crippen LogP contribution in [0, 0.1) is 24.7 Å². The third-order valence-corrected chi connectivity index (χ3v) is 7.88. The molecule has 2 aromatic rings. The van der Waals surface area contributed by atoms with Crippen molar-refractivity contribution in [3.8, 4) is 5.75 Å². The van der Waals surface area contributed by atoms with Crippen LogP contribution in [0.4, 0.5) is 0 Å². The molecule has 0 aliphatic heterocycles. The molecule has 0 heterocycles. The van der Waals surface area contributed by atoms with Gasteiger partial charge in [0.1, 0.15) is 5.75 Å². The van der Waals surface area contributed by atoms with Gasteiger partial charge in [-0.2, -0.15) is 0 Å². The maximum absolute atomic E-state index is 12.4. The van der Waals surface area contributed by atoms with Gasteiger partial charge in [0.25, 0.3) is 0 Å². The number of esters is 1. The highest BCUT2D eigenvalue weighted by Gasteiger charge is 2.31. The van der Waals surface area contributed by atoms with Gasteiger partial charge in [-0.1, -0.05) is 62.4 Å². The Hall–Kier alpha value is -2.09. The van der Waals surface area contributed by atoms with Crippen LogP contribution in [-0.2, 0) is 0 Å². The standard InChI is InChI=1S/C29H38O2/c1-3-4-22-7-9-23(10-8-22)24-11-13-25(14-12-24)26-15-17-27(18-16-26)29(30)31-28-19-5-21(2)6-20-28/h5-6,15-20,22-25H,3-4,7-14H2,1-2H3. The predicted molar refractivity (Wildman–Crippen MR) is 128 cm³/mol. The van der Waals surface area contributed by atoms with Crippen molar-refractivity contribution in [1.29, 1.82) is 0 Å². The third-order valence-electron chi connectivity index (χ3n) is 7.88. The van der Waals surface area contributed by atoms with Crippen molar-refractivity contribution in [3.05, 3.63) is 65.2 Å². The molecule has 0 bridgehead atoms. The molecule has 2 aromatic carbocycles. The van der Waals surface area contributed by atoms with Gasteiger partial charge in [-0.05, 0) is 98.9 Å². The van der Waals surface area contributed by atoms with Crippen molar-refractivity contribution < 1.29 is 9.53 Å². The molecule has 0 unspecified atom stereocenters. The van der Waals surface area contributed by atoms with E-state index in [1.165, 1.54) is 69.8 Å². The molecule has 0 radical (unpaired) electrons. The van der Waals surface area contributed by atoms with Crippen LogP contribution in [0.1, 0.15) is 98.5 Å². The van der Waals surface area contributed by atoms with Crippen molar-refractivity contribution in [3.63, 3.8) is 0 Å². The molecule has 166 valence electrons. The number of rotatable bonds is 6. The maximum Gasteiger partial charge on any atom is 0.343 e. The zero-order valence-electron chi connectivity index (χ0n) is 19.3. The van der Waals surface area contributed by atoms with E-state index in [0.29, 0.717) is 17.2 Å². The number of benzene rings is 2. The first-order valence-electron chi connectivity index (χ1n) is 12.5. The lowest BCUT2D eigenvalue weighted by Crippen LogP contribution is -2.25. The van der Waals surface area contributed by atoms with Crippen LogP contribution in [-0.4, -0.2) is 5.97 Å². The fraction of sp³-hybridized carbons (Fsp3) is 0.552. The Kier molecular flexibility index (Phi) is 7.48. The van der Waals surface area contributed by atoms with E-state index >= 15 is 0 Å². The third kappa shape index (κ3) is 5.79. The average molecular weight is 419 g/mol. The fourth-order valence-corrected chi connectivity index (χ4v) is 5.94. The second kappa shape index (κ2) is 10.5. The van der Waals surface area contributed by atoms with Gasteiger partial charge in [0.2, 0.25) is 0 Å². The van der Waals surface area contributed by atoms with E-state index in [0.717, 1.165) is 23.3 Å². The highest BCUT2D eigenvalue weighted by molar-refractivity contribution is 5.91. The summed E-state index contributed by atoms with van der Waals surface area (Å²) in [6.07, 6.45) is 14.0. The van der Waals surface area contributed by atoms with Gasteiger partial charge in [0, 0.05) is 0 Å². The normalized spacial score (nSPS) is 26.4. The van der Waals surface area contributed by atoms with Gasteiger partial charge >= 0.3 is 5.97 Å². The highest BCUT2D eigenvalue weighted by atomic mass is 16.5. The second-order valence-corrected chi connectivity index (χ2v) is 10.0. The second-order valence-electron chi connectivity index (χ2n) is 10.0. The Morgan fingerprint density at radius 1 is 0.806 bits per heavy atom. The summed E-state index contributed by atoms with van der Waals surface area (Å²) in [5.41, 5.74) is 3.17. The summed E-state index contributed by atoms with van der Waals surface area (Å²) in [4.78, 5) is 12.4. The molecule has 0 spiro atoms. The summed E-state index contributed by atoms with van der Waals surface area (Å²) in [5.74, 6) is 3.90. The van der Waals surface area contributed by atoms with Crippen molar-refractivity contribution in [1.82, 2.24) is 0 Å². The number of hydrogen-bond acceptors (Lipinski definition) is 2. The Morgan fingerprint density at radius 3 is 1.97 bits per heavy atom. The minimum atomic E-state index is -0.280. The lowest BCUT2D eigenvalue weighted by Gasteiger charge is -2.38. The minimum Gasteiger partial charge on any atom is -0.423 e. The smallest absolute Gasteiger partial charge is 0.343 e. The summed E-state index contributed by atoms with van der Waals surface area (Å²) in [6.45, 7) is 4.35. The van der Waals surface area contributed by atoms with Crippen LogP contribution >= 0.6 is 0 Å². The Bertz CT molecular complexity index is 820. The molecule has 0 aromatic heterocycles. The monoisotopic (exact) mass is 418 g/mol. The molecule has 31 heavy (non-hydrogen) atoms. The number of ether oxygens (including phenoxy) is 1. The molecule has 0 N–H and O–H groups in total. The topological polar surface area (TPSA) is 26.3 Å². The lowest BCUT2D eigenvalue weighted by molar-refractivity contribution is 0.0734. The van der Waals surface area contributed by atoms with Crippen LogP contribution in [0.3, 0.4) is 0 Å². The predicted octanol–water partition coefficient (Wildman–Crippen LogP) is 8.09. The van der Waals surface area contributed by atoms with Crippen molar-refractivity contribution in [2.24, 2.45) is 17.8 Å². The lowest BCUT2D eigenvalue weighted by atomic mass is 9.68. The Balaban J connectivity index is 1.26. The molecule has 0 atom stereocenters. The average Bonchev–Trinajstić information content (AvgIpc) is 2.81. The molecule has 2 aliphatic carbocycles. The van der Waals surface area contributed by atoms with Crippen LogP contribution < -0.4 is 4.74 Å². The molecule has 2 heteroatoms. The van der Waals surface area contributed by atoms with E-state index in [-0.39, 0.29) is 5.97 Å². The van der Waals surface area contributed by atoms with E-state index in [4.69, 9.17) is 4.74 Å². The number of carbonyl (C=O) groups is 1. The summed E-state index contributed by atoms with van der Waals surface area (Å²) < 4.78 is 5.51. The van der Waals surface area contributed by atoms with Gasteiger partial charge < -0.3 is 4.74 Å². The number of carbonyl (C=O) groups excluding carboxylic acids is 1. The molecule has 2 nitrogen and oxygen atoms in total. The van der Waals surface area contributed by atoms with E-state index < -0.39 is 0 Å². The summed E-state index contributed by atoms with van der Waals surface area (Å²) in [6, 6.07) is 15.8.